The van der Waals surface area contributed by atoms with Crippen molar-refractivity contribution in [3.05, 3.63) is 84.4 Å². The molecule has 1 aliphatic rings. The van der Waals surface area contributed by atoms with Crippen molar-refractivity contribution >= 4 is 17.3 Å². The molecule has 0 bridgehead atoms. The van der Waals surface area contributed by atoms with Crippen LogP contribution in [-0.4, -0.2) is 34.8 Å². The van der Waals surface area contributed by atoms with Crippen LogP contribution in [-0.2, 0) is 5.60 Å². The maximum atomic E-state index is 11.9. The summed E-state index contributed by atoms with van der Waals surface area (Å²) < 4.78 is 0. The van der Waals surface area contributed by atoms with Crippen molar-refractivity contribution < 1.29 is 5.11 Å². The van der Waals surface area contributed by atoms with Gasteiger partial charge in [-0.2, -0.15) is 0 Å². The zero-order chi connectivity index (χ0) is 18.4. The Kier molecular flexibility index (Phi) is 6.07. The molecule has 4 heteroatoms. The third-order valence-electron chi connectivity index (χ3n) is 5.20. The lowest BCUT2D eigenvalue weighted by molar-refractivity contribution is -0.00657. The van der Waals surface area contributed by atoms with Crippen LogP contribution in [0.25, 0.3) is 0 Å². The minimum Gasteiger partial charge on any atom is -0.380 e. The van der Waals surface area contributed by atoms with E-state index < -0.39 is 5.60 Å². The van der Waals surface area contributed by atoms with Crippen molar-refractivity contribution in [1.29, 1.82) is 0 Å². The summed E-state index contributed by atoms with van der Waals surface area (Å²) in [5, 5.41) is 15.8. The largest absolute Gasteiger partial charge is 0.380 e. The second-order valence-electron chi connectivity index (χ2n) is 6.73. The fourth-order valence-electron chi connectivity index (χ4n) is 3.79. The highest BCUT2D eigenvalue weighted by Gasteiger charge is 2.41. The fourth-order valence-corrected chi connectivity index (χ4v) is 4.06. The van der Waals surface area contributed by atoms with Gasteiger partial charge >= 0.3 is 0 Å². The van der Waals surface area contributed by atoms with E-state index in [9.17, 15) is 5.11 Å². The summed E-state index contributed by atoms with van der Waals surface area (Å²) in [6.45, 7) is 6.08. The molecular weight excluding hydrogens is 340 g/mol. The molecule has 1 aliphatic heterocycles. The van der Waals surface area contributed by atoms with Crippen LogP contribution in [0.1, 0.15) is 24.0 Å². The summed E-state index contributed by atoms with van der Waals surface area (Å²) in [5.74, 6) is 0.144. The van der Waals surface area contributed by atoms with E-state index in [0.29, 0.717) is 6.54 Å². The smallest absolute Gasteiger partial charge is 0.169 e. The molecule has 0 unspecified atom stereocenters. The van der Waals surface area contributed by atoms with Crippen LogP contribution in [0.4, 0.5) is 0 Å². The highest BCUT2D eigenvalue weighted by molar-refractivity contribution is 7.80. The zero-order valence-electron chi connectivity index (χ0n) is 15.0. The second-order valence-corrected chi connectivity index (χ2v) is 7.12. The molecule has 1 heterocycles. The molecule has 136 valence electrons. The number of aliphatic hydroxyl groups is 1. The third-order valence-corrected chi connectivity index (χ3v) is 5.60. The maximum Gasteiger partial charge on any atom is 0.169 e. The summed E-state index contributed by atoms with van der Waals surface area (Å²) in [7, 11) is 0. The first kappa shape index (κ1) is 18.6. The van der Waals surface area contributed by atoms with Crippen LogP contribution in [0.2, 0.25) is 0 Å². The number of hydrogen-bond acceptors (Lipinski definition) is 2. The predicted molar refractivity (Wildman–Crippen MR) is 111 cm³/mol. The predicted octanol–water partition coefficient (Wildman–Crippen LogP) is 3.70. The number of benzene rings is 2. The van der Waals surface area contributed by atoms with E-state index >= 15 is 0 Å². The first-order chi connectivity index (χ1) is 12.7. The topological polar surface area (TPSA) is 35.5 Å². The molecule has 0 aliphatic carbocycles. The van der Waals surface area contributed by atoms with Gasteiger partial charge in [-0.05, 0) is 42.1 Å². The number of nitrogens with zero attached hydrogens (tertiary/aromatic N) is 1. The number of rotatable bonds is 5. The SMILES string of the molecule is C=CCNC(=S)N1CCC(C(O)(c2ccccc2)c2ccccc2)CC1. The Morgan fingerprint density at radius 3 is 2.04 bits per heavy atom. The minimum absolute atomic E-state index is 0.144. The molecular formula is C22H26N2OS. The highest BCUT2D eigenvalue weighted by atomic mass is 32.1. The van der Waals surface area contributed by atoms with Gasteiger partial charge in [0.2, 0.25) is 0 Å². The Hall–Kier alpha value is -2.17. The summed E-state index contributed by atoms with van der Waals surface area (Å²) in [5.41, 5.74) is 0.930. The average Bonchev–Trinajstić information content (AvgIpc) is 2.73. The van der Waals surface area contributed by atoms with Gasteiger partial charge in [-0.15, -0.1) is 6.58 Å². The number of nitrogens with one attached hydrogen (secondary N) is 1. The minimum atomic E-state index is -0.981. The van der Waals surface area contributed by atoms with Gasteiger partial charge in [-0.1, -0.05) is 66.7 Å². The molecule has 0 radical (unpaired) electrons. The summed E-state index contributed by atoms with van der Waals surface area (Å²) in [6, 6.07) is 20.0. The van der Waals surface area contributed by atoms with Gasteiger partial charge in [0.1, 0.15) is 5.60 Å². The van der Waals surface area contributed by atoms with E-state index in [1.165, 1.54) is 0 Å². The number of likely N-dealkylation sites (tertiary alicyclic amines) is 1. The van der Waals surface area contributed by atoms with Crippen molar-refractivity contribution in [2.45, 2.75) is 18.4 Å². The molecule has 1 fully saturated rings. The van der Waals surface area contributed by atoms with Gasteiger partial charge in [0.25, 0.3) is 0 Å². The van der Waals surface area contributed by atoms with E-state index in [2.05, 4.69) is 16.8 Å². The molecule has 0 saturated carbocycles. The summed E-state index contributed by atoms with van der Waals surface area (Å²) >= 11 is 5.46. The van der Waals surface area contributed by atoms with Gasteiger partial charge in [0.05, 0.1) is 0 Å². The van der Waals surface area contributed by atoms with Gasteiger partial charge in [-0.25, -0.2) is 0 Å². The van der Waals surface area contributed by atoms with Crippen molar-refractivity contribution in [2.75, 3.05) is 19.6 Å². The Labute approximate surface area is 161 Å². The van der Waals surface area contributed by atoms with E-state index in [-0.39, 0.29) is 5.92 Å². The molecule has 26 heavy (non-hydrogen) atoms. The third kappa shape index (κ3) is 3.81. The standard InChI is InChI=1S/C22H26N2OS/c1-2-15-23-21(26)24-16-13-20(14-17-24)22(25,18-9-5-3-6-10-18)19-11-7-4-8-12-19/h2-12,20,25H,1,13-17H2,(H,23,26). The maximum absolute atomic E-state index is 11.9. The fraction of sp³-hybridized carbons (Fsp3) is 0.318. The Morgan fingerprint density at radius 2 is 1.58 bits per heavy atom. The quantitative estimate of drug-likeness (QED) is 0.625. The lowest BCUT2D eigenvalue weighted by Gasteiger charge is -2.43. The average molecular weight is 367 g/mol. The van der Waals surface area contributed by atoms with Gasteiger partial charge in [-0.3, -0.25) is 0 Å². The molecule has 0 aromatic heterocycles. The van der Waals surface area contributed by atoms with Crippen LogP contribution in [0, 0.1) is 5.92 Å². The molecule has 2 N–H and O–H groups in total. The van der Waals surface area contributed by atoms with E-state index in [1.807, 2.05) is 66.7 Å². The van der Waals surface area contributed by atoms with Gasteiger partial charge in [0.15, 0.2) is 5.11 Å². The lowest BCUT2D eigenvalue weighted by atomic mass is 9.72. The normalized spacial score (nSPS) is 15.5. The first-order valence-electron chi connectivity index (χ1n) is 9.13. The Bertz CT molecular complexity index is 685. The van der Waals surface area contributed by atoms with Crippen molar-refractivity contribution in [3.8, 4) is 0 Å². The molecule has 3 rings (SSSR count). The first-order valence-corrected chi connectivity index (χ1v) is 9.54. The number of thiocarbonyl (C=S) groups is 1. The molecule has 0 amide bonds. The van der Waals surface area contributed by atoms with Crippen molar-refractivity contribution in [3.63, 3.8) is 0 Å². The summed E-state index contributed by atoms with van der Waals surface area (Å²) in [6.07, 6.45) is 3.58. The van der Waals surface area contributed by atoms with E-state index in [4.69, 9.17) is 12.2 Å². The highest BCUT2D eigenvalue weighted by Crippen LogP contribution is 2.41. The van der Waals surface area contributed by atoms with Crippen LogP contribution in [0.5, 0.6) is 0 Å². The number of hydrogen-bond donors (Lipinski definition) is 2. The molecule has 0 atom stereocenters. The van der Waals surface area contributed by atoms with Crippen LogP contribution < -0.4 is 5.32 Å². The molecule has 0 spiro atoms. The monoisotopic (exact) mass is 366 g/mol. The molecule has 1 saturated heterocycles. The van der Waals surface area contributed by atoms with Gasteiger partial charge in [0, 0.05) is 19.6 Å². The van der Waals surface area contributed by atoms with E-state index in [0.717, 1.165) is 42.2 Å². The Balaban J connectivity index is 1.82. The molecule has 2 aromatic rings. The second kappa shape index (κ2) is 8.47. The Morgan fingerprint density at radius 1 is 1.08 bits per heavy atom. The summed E-state index contributed by atoms with van der Waals surface area (Å²) in [4.78, 5) is 2.19. The van der Waals surface area contributed by atoms with Crippen LogP contribution in [0.15, 0.2) is 73.3 Å². The van der Waals surface area contributed by atoms with Crippen LogP contribution >= 0.6 is 12.2 Å². The van der Waals surface area contributed by atoms with Gasteiger partial charge < -0.3 is 15.3 Å². The lowest BCUT2D eigenvalue weighted by Crippen LogP contribution is -2.48. The van der Waals surface area contributed by atoms with Crippen molar-refractivity contribution in [1.82, 2.24) is 10.2 Å². The van der Waals surface area contributed by atoms with Crippen LogP contribution in [0.3, 0.4) is 0 Å². The zero-order valence-corrected chi connectivity index (χ0v) is 15.8. The molecule has 2 aromatic carbocycles. The van der Waals surface area contributed by atoms with Crippen molar-refractivity contribution in [2.24, 2.45) is 5.92 Å². The van der Waals surface area contributed by atoms with E-state index in [1.54, 1.807) is 0 Å². The molecule has 3 nitrogen and oxygen atoms in total. The number of piperidine rings is 1.